The summed E-state index contributed by atoms with van der Waals surface area (Å²) in [5.41, 5.74) is 1.77. The van der Waals surface area contributed by atoms with Crippen molar-refractivity contribution < 1.29 is 14.5 Å². The van der Waals surface area contributed by atoms with Gasteiger partial charge in [0.1, 0.15) is 0 Å². The van der Waals surface area contributed by atoms with Crippen LogP contribution in [0.5, 0.6) is 0 Å². The third-order valence-electron chi connectivity index (χ3n) is 3.73. The van der Waals surface area contributed by atoms with Crippen LogP contribution in [0.1, 0.15) is 5.56 Å². The first kappa shape index (κ1) is 19.0. The summed E-state index contributed by atoms with van der Waals surface area (Å²) in [4.78, 5) is 26.9. The average molecular weight is 361 g/mol. The van der Waals surface area contributed by atoms with Crippen LogP contribution in [0.2, 0.25) is 5.02 Å². The first-order valence-electron chi connectivity index (χ1n) is 8.08. The fourth-order valence-electron chi connectivity index (χ4n) is 2.41. The number of hydrogen-bond acceptors (Lipinski definition) is 2. The van der Waals surface area contributed by atoms with Crippen molar-refractivity contribution in [3.63, 3.8) is 0 Å². The molecule has 0 heterocycles. The van der Waals surface area contributed by atoms with Crippen LogP contribution in [0.4, 0.5) is 5.69 Å². The lowest BCUT2D eigenvalue weighted by atomic mass is 10.2. The number of quaternary nitrogens is 1. The minimum Gasteiger partial charge on any atom is -0.337 e. The third-order valence-corrected chi connectivity index (χ3v) is 3.98. The standard InChI is InChI=1S/C19H22ClN3O2/c1-22(13-18(24)21-17-10-8-16(20)9-11-17)14-19(25)23(2)12-15-6-4-3-5-7-15/h3-11H,12-14H2,1-2H3,(H,21,24)/p+1. The second kappa shape index (κ2) is 9.20. The van der Waals surface area contributed by atoms with E-state index in [2.05, 4.69) is 5.32 Å². The van der Waals surface area contributed by atoms with Crippen LogP contribution < -0.4 is 10.2 Å². The molecule has 0 saturated carbocycles. The van der Waals surface area contributed by atoms with Gasteiger partial charge in [-0.05, 0) is 29.8 Å². The van der Waals surface area contributed by atoms with E-state index in [0.717, 1.165) is 10.5 Å². The summed E-state index contributed by atoms with van der Waals surface area (Å²) in [6.07, 6.45) is 0. The predicted molar refractivity (Wildman–Crippen MR) is 99.6 cm³/mol. The van der Waals surface area contributed by atoms with Crippen molar-refractivity contribution in [3.8, 4) is 0 Å². The second-order valence-corrected chi connectivity index (χ2v) is 6.54. The Labute approximate surface area is 153 Å². The van der Waals surface area contributed by atoms with E-state index in [4.69, 9.17) is 11.6 Å². The van der Waals surface area contributed by atoms with Gasteiger partial charge in [-0.1, -0.05) is 41.9 Å². The van der Waals surface area contributed by atoms with E-state index in [0.29, 0.717) is 17.3 Å². The maximum Gasteiger partial charge on any atom is 0.279 e. The highest BCUT2D eigenvalue weighted by Crippen LogP contribution is 2.12. The molecule has 0 aromatic heterocycles. The quantitative estimate of drug-likeness (QED) is 0.785. The monoisotopic (exact) mass is 360 g/mol. The van der Waals surface area contributed by atoms with Crippen LogP contribution in [0.3, 0.4) is 0 Å². The molecule has 0 spiro atoms. The van der Waals surface area contributed by atoms with E-state index in [9.17, 15) is 9.59 Å². The number of carbonyl (C=O) groups is 2. The van der Waals surface area contributed by atoms with Gasteiger partial charge in [0.05, 0.1) is 7.05 Å². The molecular formula is C19H23ClN3O2+. The molecule has 6 heteroatoms. The minimum absolute atomic E-state index is 0.000598. The van der Waals surface area contributed by atoms with Crippen LogP contribution >= 0.6 is 11.6 Å². The number of benzene rings is 2. The number of nitrogens with one attached hydrogen (secondary N) is 2. The SMILES string of the molecule is CN(Cc1ccccc1)C(=O)C[NH+](C)CC(=O)Nc1ccc(Cl)cc1. The lowest BCUT2D eigenvalue weighted by Gasteiger charge is -2.20. The molecule has 5 nitrogen and oxygen atoms in total. The van der Waals surface area contributed by atoms with Crippen LogP contribution in [-0.4, -0.2) is 43.9 Å². The van der Waals surface area contributed by atoms with Gasteiger partial charge in [0.2, 0.25) is 0 Å². The van der Waals surface area contributed by atoms with E-state index in [-0.39, 0.29) is 24.9 Å². The van der Waals surface area contributed by atoms with E-state index in [1.807, 2.05) is 37.4 Å². The summed E-state index contributed by atoms with van der Waals surface area (Å²) in [5.74, 6) is -0.140. The highest BCUT2D eigenvalue weighted by Gasteiger charge is 2.17. The van der Waals surface area contributed by atoms with Crippen LogP contribution in [0, 0.1) is 0 Å². The minimum atomic E-state index is -0.140. The number of carbonyl (C=O) groups excluding carboxylic acids is 2. The molecule has 1 unspecified atom stereocenters. The van der Waals surface area contributed by atoms with Crippen molar-refractivity contribution in [1.29, 1.82) is 0 Å². The molecule has 0 aliphatic heterocycles. The average Bonchev–Trinajstić information content (AvgIpc) is 2.57. The van der Waals surface area contributed by atoms with Crippen molar-refractivity contribution in [2.24, 2.45) is 0 Å². The van der Waals surface area contributed by atoms with Gasteiger partial charge in [-0.3, -0.25) is 9.59 Å². The number of rotatable bonds is 7. The number of nitrogens with zero attached hydrogens (tertiary/aromatic N) is 1. The van der Waals surface area contributed by atoms with Crippen molar-refractivity contribution in [3.05, 3.63) is 65.2 Å². The molecule has 0 aliphatic rings. The Morgan fingerprint density at radius 3 is 2.32 bits per heavy atom. The Hall–Kier alpha value is -2.37. The Morgan fingerprint density at radius 1 is 1.04 bits per heavy atom. The number of likely N-dealkylation sites (N-methyl/N-ethyl adjacent to an activating group) is 2. The smallest absolute Gasteiger partial charge is 0.279 e. The van der Waals surface area contributed by atoms with Gasteiger partial charge in [-0.15, -0.1) is 0 Å². The van der Waals surface area contributed by atoms with E-state index in [1.165, 1.54) is 0 Å². The van der Waals surface area contributed by atoms with Crippen molar-refractivity contribution >= 4 is 29.1 Å². The Kier molecular flexibility index (Phi) is 6.98. The maximum atomic E-state index is 12.3. The molecular weight excluding hydrogens is 338 g/mol. The van der Waals surface area contributed by atoms with Crippen LogP contribution in [0.15, 0.2) is 54.6 Å². The zero-order chi connectivity index (χ0) is 18.2. The largest absolute Gasteiger partial charge is 0.337 e. The van der Waals surface area contributed by atoms with Gasteiger partial charge in [0.25, 0.3) is 11.8 Å². The maximum absolute atomic E-state index is 12.3. The van der Waals surface area contributed by atoms with E-state index in [1.54, 1.807) is 36.2 Å². The first-order chi connectivity index (χ1) is 11.9. The Morgan fingerprint density at radius 2 is 1.68 bits per heavy atom. The van der Waals surface area contributed by atoms with E-state index < -0.39 is 0 Å². The van der Waals surface area contributed by atoms with E-state index >= 15 is 0 Å². The molecule has 0 aliphatic carbocycles. The Bertz CT molecular complexity index is 704. The fourth-order valence-corrected chi connectivity index (χ4v) is 2.54. The summed E-state index contributed by atoms with van der Waals surface area (Å²) in [6, 6.07) is 16.7. The molecule has 1 atom stereocenters. The number of halogens is 1. The summed E-state index contributed by atoms with van der Waals surface area (Å²) < 4.78 is 0. The number of amides is 2. The summed E-state index contributed by atoms with van der Waals surface area (Å²) >= 11 is 5.82. The number of anilines is 1. The highest BCUT2D eigenvalue weighted by atomic mass is 35.5. The van der Waals surface area contributed by atoms with Gasteiger partial charge in [0.15, 0.2) is 13.1 Å². The lowest BCUT2D eigenvalue weighted by molar-refractivity contribution is -0.862. The van der Waals surface area contributed by atoms with Crippen LogP contribution in [0.25, 0.3) is 0 Å². The predicted octanol–water partition coefficient (Wildman–Crippen LogP) is 1.45. The zero-order valence-electron chi connectivity index (χ0n) is 14.5. The normalized spacial score (nSPS) is 11.6. The van der Waals surface area contributed by atoms with Crippen molar-refractivity contribution in [2.75, 3.05) is 32.5 Å². The van der Waals surface area contributed by atoms with Crippen LogP contribution in [-0.2, 0) is 16.1 Å². The first-order valence-corrected chi connectivity index (χ1v) is 8.46. The Balaban J connectivity index is 1.78. The molecule has 0 bridgehead atoms. The van der Waals surface area contributed by atoms with Gasteiger partial charge in [0, 0.05) is 24.3 Å². The molecule has 2 rings (SSSR count). The molecule has 0 fully saturated rings. The van der Waals surface area contributed by atoms with Gasteiger partial charge >= 0.3 is 0 Å². The molecule has 0 saturated heterocycles. The molecule has 0 radical (unpaired) electrons. The molecule has 25 heavy (non-hydrogen) atoms. The van der Waals surface area contributed by atoms with Crippen molar-refractivity contribution in [1.82, 2.24) is 4.90 Å². The molecule has 2 aromatic carbocycles. The zero-order valence-corrected chi connectivity index (χ0v) is 15.2. The van der Waals surface area contributed by atoms with Gasteiger partial charge < -0.3 is 15.1 Å². The molecule has 2 N–H and O–H groups in total. The molecule has 2 amide bonds. The summed E-state index contributed by atoms with van der Waals surface area (Å²) in [7, 11) is 3.60. The highest BCUT2D eigenvalue weighted by molar-refractivity contribution is 6.30. The van der Waals surface area contributed by atoms with Crippen molar-refractivity contribution in [2.45, 2.75) is 6.54 Å². The van der Waals surface area contributed by atoms with Gasteiger partial charge in [-0.2, -0.15) is 0 Å². The lowest BCUT2D eigenvalue weighted by Crippen LogP contribution is -3.11. The topological polar surface area (TPSA) is 53.9 Å². The second-order valence-electron chi connectivity index (χ2n) is 6.10. The van der Waals surface area contributed by atoms with Gasteiger partial charge in [-0.25, -0.2) is 0 Å². The number of hydrogen-bond donors (Lipinski definition) is 2. The molecule has 2 aromatic rings. The fraction of sp³-hybridized carbons (Fsp3) is 0.263. The third kappa shape index (κ3) is 6.57. The summed E-state index contributed by atoms with van der Waals surface area (Å²) in [6.45, 7) is 1.04. The summed E-state index contributed by atoms with van der Waals surface area (Å²) in [5, 5.41) is 3.42. The molecule has 132 valence electrons.